The van der Waals surface area contributed by atoms with Crippen LogP contribution in [0.2, 0.25) is 0 Å². The molecule has 0 radical (unpaired) electrons. The lowest BCUT2D eigenvalue weighted by Gasteiger charge is -2.46. The number of nitrogens with zero attached hydrogens (tertiary/aromatic N) is 8. The van der Waals surface area contributed by atoms with Crippen molar-refractivity contribution in [3.05, 3.63) is 78.4 Å². The third-order valence-electron chi connectivity index (χ3n) is 8.50. The number of pyridine rings is 1. The zero-order valence-corrected chi connectivity index (χ0v) is 25.1. The third-order valence-corrected chi connectivity index (χ3v) is 8.50. The fraction of sp³-hybridized carbons (Fsp3) is 0.394. The molecular formula is C33H38N10O. The van der Waals surface area contributed by atoms with Gasteiger partial charge >= 0.3 is 6.03 Å². The highest BCUT2D eigenvalue weighted by Crippen LogP contribution is 2.38. The molecule has 1 aromatic carbocycles. The first-order valence-electron chi connectivity index (χ1n) is 15.4. The minimum Gasteiger partial charge on any atom is -0.355 e. The minimum absolute atomic E-state index is 0.255. The SMILES string of the molecule is Cn1cc(-c2ccc(N(C(=O)NCc3ccccc3)C3(Nc4ncc(C#N)c(N5CCCCC5)n4)CCCCC3)nc2)cn1. The van der Waals surface area contributed by atoms with Gasteiger partial charge in [-0.05, 0) is 62.6 Å². The Morgan fingerprint density at radius 2 is 1.73 bits per heavy atom. The topological polar surface area (TPSA) is 128 Å². The average Bonchev–Trinajstić information content (AvgIpc) is 3.51. The van der Waals surface area contributed by atoms with Gasteiger partial charge in [-0.3, -0.25) is 9.58 Å². The van der Waals surface area contributed by atoms with Crippen molar-refractivity contribution in [3.8, 4) is 17.2 Å². The van der Waals surface area contributed by atoms with E-state index in [4.69, 9.17) is 9.97 Å². The molecule has 1 aliphatic heterocycles. The van der Waals surface area contributed by atoms with Crippen molar-refractivity contribution in [3.63, 3.8) is 0 Å². The quantitative estimate of drug-likeness (QED) is 0.253. The predicted molar refractivity (Wildman–Crippen MR) is 170 cm³/mol. The summed E-state index contributed by atoms with van der Waals surface area (Å²) in [4.78, 5) is 32.4. The molecule has 0 spiro atoms. The lowest BCUT2D eigenvalue weighted by molar-refractivity contribution is 0.229. The van der Waals surface area contributed by atoms with E-state index in [0.717, 1.165) is 61.9 Å². The standard InChI is InChI=1S/C33H38N10O/c1-41-24-28(23-38-41)26-13-14-29(35-21-26)43(32(44)37-20-25-11-5-2-6-12-25)33(15-7-3-8-16-33)40-31-36-22-27(19-34)30(39-31)42-17-9-4-10-18-42/h2,5-6,11-14,21-24H,3-4,7-10,15-18,20H2,1H3,(H,37,44)(H,36,39,40). The van der Waals surface area contributed by atoms with Crippen LogP contribution in [0.3, 0.4) is 0 Å². The highest BCUT2D eigenvalue weighted by Gasteiger charge is 2.43. The van der Waals surface area contributed by atoms with E-state index in [9.17, 15) is 10.1 Å². The van der Waals surface area contributed by atoms with E-state index in [1.807, 2.05) is 55.7 Å². The van der Waals surface area contributed by atoms with Gasteiger partial charge in [0.2, 0.25) is 5.95 Å². The molecule has 6 rings (SSSR count). The van der Waals surface area contributed by atoms with E-state index >= 15 is 0 Å². The molecule has 2 amide bonds. The van der Waals surface area contributed by atoms with E-state index < -0.39 is 5.66 Å². The molecule has 11 nitrogen and oxygen atoms in total. The molecular weight excluding hydrogens is 552 g/mol. The lowest BCUT2D eigenvalue weighted by atomic mass is 9.87. The molecule has 1 aliphatic carbocycles. The smallest absolute Gasteiger partial charge is 0.325 e. The van der Waals surface area contributed by atoms with Crippen LogP contribution >= 0.6 is 0 Å². The van der Waals surface area contributed by atoms with Gasteiger partial charge in [-0.2, -0.15) is 15.3 Å². The van der Waals surface area contributed by atoms with Gasteiger partial charge in [-0.15, -0.1) is 0 Å². The van der Waals surface area contributed by atoms with Crippen molar-refractivity contribution in [2.75, 3.05) is 28.2 Å². The number of hydrogen-bond acceptors (Lipinski definition) is 8. The first-order chi connectivity index (χ1) is 21.5. The molecule has 0 bridgehead atoms. The van der Waals surface area contributed by atoms with Crippen LogP contribution in [0.4, 0.5) is 22.4 Å². The zero-order valence-electron chi connectivity index (χ0n) is 25.1. The number of rotatable bonds is 8. The number of aryl methyl sites for hydroxylation is 1. The van der Waals surface area contributed by atoms with Crippen LogP contribution < -0.4 is 20.4 Å². The van der Waals surface area contributed by atoms with Gasteiger partial charge in [-0.1, -0.05) is 36.8 Å². The summed E-state index contributed by atoms with van der Waals surface area (Å²) in [6.07, 6.45) is 14.7. The fourth-order valence-corrected chi connectivity index (χ4v) is 6.24. The number of hydrogen-bond donors (Lipinski definition) is 2. The van der Waals surface area contributed by atoms with Gasteiger partial charge in [0.05, 0.1) is 12.4 Å². The zero-order chi connectivity index (χ0) is 30.4. The molecule has 0 atom stereocenters. The highest BCUT2D eigenvalue weighted by atomic mass is 16.2. The Hall–Kier alpha value is -4.98. The summed E-state index contributed by atoms with van der Waals surface area (Å²) in [5.41, 5.74) is 2.51. The molecule has 2 N–H and O–H groups in total. The number of carbonyl (C=O) groups is 1. The fourth-order valence-electron chi connectivity index (χ4n) is 6.24. The first kappa shape index (κ1) is 29.1. The summed E-state index contributed by atoms with van der Waals surface area (Å²) in [5.74, 6) is 1.58. The van der Waals surface area contributed by atoms with Gasteiger partial charge in [0.25, 0.3) is 0 Å². The maximum absolute atomic E-state index is 14.2. The summed E-state index contributed by atoms with van der Waals surface area (Å²) in [7, 11) is 1.88. The molecule has 4 aromatic rings. The van der Waals surface area contributed by atoms with Crippen LogP contribution in [0.15, 0.2) is 67.3 Å². The summed E-state index contributed by atoms with van der Waals surface area (Å²) < 4.78 is 1.75. The van der Waals surface area contributed by atoms with Crippen LogP contribution in [0.25, 0.3) is 11.1 Å². The molecule has 3 aromatic heterocycles. The summed E-state index contributed by atoms with van der Waals surface area (Å²) in [6, 6.07) is 15.7. The summed E-state index contributed by atoms with van der Waals surface area (Å²) in [5, 5.41) is 20.9. The Bertz CT molecular complexity index is 1600. The number of nitrogens with one attached hydrogen (secondary N) is 2. The Labute approximate surface area is 258 Å². The van der Waals surface area contributed by atoms with Gasteiger partial charge in [0.15, 0.2) is 5.82 Å². The monoisotopic (exact) mass is 590 g/mol. The lowest BCUT2D eigenvalue weighted by Crippen LogP contribution is -2.61. The minimum atomic E-state index is -0.824. The van der Waals surface area contributed by atoms with Gasteiger partial charge in [0.1, 0.15) is 23.1 Å². The van der Waals surface area contributed by atoms with Crippen molar-refractivity contribution < 1.29 is 4.79 Å². The number of benzene rings is 1. The number of amides is 2. The normalized spacial score (nSPS) is 16.1. The van der Waals surface area contributed by atoms with Crippen LogP contribution in [-0.4, -0.2) is 49.5 Å². The number of nitriles is 1. The number of urea groups is 1. The molecule has 0 unspecified atom stereocenters. The molecule has 11 heteroatoms. The van der Waals surface area contributed by atoms with Gasteiger partial charge in [-0.25, -0.2) is 14.8 Å². The van der Waals surface area contributed by atoms with E-state index in [0.29, 0.717) is 42.5 Å². The number of piperidine rings is 1. The maximum atomic E-state index is 14.2. The van der Waals surface area contributed by atoms with E-state index in [1.165, 1.54) is 6.42 Å². The third kappa shape index (κ3) is 6.34. The largest absolute Gasteiger partial charge is 0.355 e. The molecule has 4 heterocycles. The predicted octanol–water partition coefficient (Wildman–Crippen LogP) is 5.62. The Kier molecular flexibility index (Phi) is 8.68. The Morgan fingerprint density at radius 1 is 0.955 bits per heavy atom. The Balaban J connectivity index is 1.37. The Morgan fingerprint density at radius 3 is 2.41 bits per heavy atom. The van der Waals surface area contributed by atoms with Crippen molar-refractivity contribution in [2.45, 2.75) is 63.6 Å². The molecule has 44 heavy (non-hydrogen) atoms. The second-order valence-electron chi connectivity index (χ2n) is 11.6. The number of carbonyl (C=O) groups excluding carboxylic acids is 1. The second kappa shape index (κ2) is 13.1. The first-order valence-corrected chi connectivity index (χ1v) is 15.4. The maximum Gasteiger partial charge on any atom is 0.325 e. The van der Waals surface area contributed by atoms with Crippen molar-refractivity contribution in [1.29, 1.82) is 5.26 Å². The number of aromatic nitrogens is 5. The van der Waals surface area contributed by atoms with E-state index in [-0.39, 0.29) is 6.03 Å². The molecule has 2 aliphatic rings. The summed E-state index contributed by atoms with van der Waals surface area (Å²) >= 11 is 0. The van der Waals surface area contributed by atoms with Crippen LogP contribution in [0.1, 0.15) is 62.5 Å². The molecule has 1 saturated carbocycles. The van der Waals surface area contributed by atoms with Crippen molar-refractivity contribution in [2.24, 2.45) is 7.05 Å². The van der Waals surface area contributed by atoms with E-state index in [1.54, 1.807) is 28.2 Å². The van der Waals surface area contributed by atoms with Crippen LogP contribution in [-0.2, 0) is 13.6 Å². The van der Waals surface area contributed by atoms with E-state index in [2.05, 4.69) is 31.7 Å². The van der Waals surface area contributed by atoms with Gasteiger partial charge < -0.3 is 15.5 Å². The van der Waals surface area contributed by atoms with Crippen molar-refractivity contribution >= 4 is 23.6 Å². The number of anilines is 3. The second-order valence-corrected chi connectivity index (χ2v) is 11.6. The average molecular weight is 591 g/mol. The molecule has 2 fully saturated rings. The molecule has 1 saturated heterocycles. The summed E-state index contributed by atoms with van der Waals surface area (Å²) in [6.45, 7) is 2.10. The highest BCUT2D eigenvalue weighted by molar-refractivity contribution is 5.93. The molecule has 226 valence electrons. The van der Waals surface area contributed by atoms with Crippen LogP contribution in [0, 0.1) is 11.3 Å². The van der Waals surface area contributed by atoms with Crippen LogP contribution in [0.5, 0.6) is 0 Å². The van der Waals surface area contributed by atoms with Crippen molar-refractivity contribution in [1.82, 2.24) is 30.0 Å². The van der Waals surface area contributed by atoms with Gasteiger partial charge in [0, 0.05) is 50.2 Å².